The molecule has 0 bridgehead atoms. The molecule has 1 amide bonds. The number of hydrogen-bond acceptors (Lipinski definition) is 5. The zero-order chi connectivity index (χ0) is 57.1. The van der Waals surface area contributed by atoms with Crippen LogP contribution >= 0.6 is 0 Å². The lowest BCUT2D eigenvalue weighted by Crippen LogP contribution is -2.45. The lowest BCUT2D eigenvalue weighted by Gasteiger charge is -2.22. The number of esters is 1. The fourth-order valence-corrected chi connectivity index (χ4v) is 11.2. The number of unbranched alkanes of at least 4 members (excludes halogenated alkanes) is 50. The molecule has 0 aliphatic heterocycles. The summed E-state index contributed by atoms with van der Waals surface area (Å²) in [6.07, 6.45) is 87.9. The Labute approximate surface area is 494 Å². The zero-order valence-electron chi connectivity index (χ0n) is 53.4. The van der Waals surface area contributed by atoms with E-state index in [0.717, 1.165) is 51.4 Å². The van der Waals surface area contributed by atoms with Crippen LogP contribution in [-0.2, 0) is 14.3 Å². The highest BCUT2D eigenvalue weighted by atomic mass is 16.5. The quantitative estimate of drug-likeness (QED) is 0.0320. The third-order valence-corrected chi connectivity index (χ3v) is 16.7. The molecule has 79 heavy (non-hydrogen) atoms. The van der Waals surface area contributed by atoms with Crippen LogP contribution in [-0.4, -0.2) is 47.4 Å². The van der Waals surface area contributed by atoms with Crippen molar-refractivity contribution in [1.29, 1.82) is 0 Å². The third kappa shape index (κ3) is 65.1. The molecule has 2 unspecified atom stereocenters. The number of rotatable bonds is 67. The van der Waals surface area contributed by atoms with Gasteiger partial charge in [-0.25, -0.2) is 0 Å². The van der Waals surface area contributed by atoms with E-state index in [-0.39, 0.29) is 18.5 Å². The molecule has 0 heterocycles. The highest BCUT2D eigenvalue weighted by Crippen LogP contribution is 2.19. The number of hydrogen-bond donors (Lipinski definition) is 3. The molecule has 0 saturated heterocycles. The number of allylic oxidation sites excluding steroid dienone is 6. The van der Waals surface area contributed by atoms with Gasteiger partial charge in [0.25, 0.3) is 0 Å². The molecule has 2 atom stereocenters. The molecule has 0 aromatic rings. The van der Waals surface area contributed by atoms with E-state index in [1.165, 1.54) is 308 Å². The summed E-state index contributed by atoms with van der Waals surface area (Å²) in [6.45, 7) is 4.94. The topological polar surface area (TPSA) is 95.9 Å². The van der Waals surface area contributed by atoms with Gasteiger partial charge in [-0.2, -0.15) is 0 Å². The first kappa shape index (κ1) is 77.1. The molecular formula is C73H139NO5. The molecule has 466 valence electrons. The number of carbonyl (C=O) groups is 2. The maximum atomic E-state index is 12.4. The summed E-state index contributed by atoms with van der Waals surface area (Å²) >= 11 is 0. The minimum atomic E-state index is -0.660. The summed E-state index contributed by atoms with van der Waals surface area (Å²) in [6, 6.07) is -0.537. The van der Waals surface area contributed by atoms with Crippen molar-refractivity contribution in [2.24, 2.45) is 0 Å². The van der Waals surface area contributed by atoms with Crippen LogP contribution in [0.1, 0.15) is 393 Å². The van der Waals surface area contributed by atoms with Gasteiger partial charge in [0.1, 0.15) is 0 Å². The van der Waals surface area contributed by atoms with Crippen molar-refractivity contribution in [3.05, 3.63) is 36.5 Å². The second-order valence-corrected chi connectivity index (χ2v) is 24.6. The molecule has 0 aliphatic rings. The predicted molar refractivity (Wildman–Crippen MR) is 347 cm³/mol. The Hall–Kier alpha value is -1.92. The van der Waals surface area contributed by atoms with Gasteiger partial charge in [0.05, 0.1) is 25.4 Å². The van der Waals surface area contributed by atoms with E-state index in [1.807, 2.05) is 0 Å². The molecule has 0 radical (unpaired) electrons. The second kappa shape index (κ2) is 68.6. The van der Waals surface area contributed by atoms with Gasteiger partial charge in [-0.3, -0.25) is 9.59 Å². The van der Waals surface area contributed by atoms with Crippen LogP contribution in [0.15, 0.2) is 36.5 Å². The fraction of sp³-hybridized carbons (Fsp3) is 0.890. The van der Waals surface area contributed by atoms with E-state index < -0.39 is 12.1 Å². The van der Waals surface area contributed by atoms with Gasteiger partial charge >= 0.3 is 5.97 Å². The lowest BCUT2D eigenvalue weighted by atomic mass is 10.0. The number of carbonyl (C=O) groups excluding carboxylic acids is 2. The molecule has 3 N–H and O–H groups in total. The molecule has 0 spiro atoms. The van der Waals surface area contributed by atoms with Crippen molar-refractivity contribution >= 4 is 11.9 Å². The van der Waals surface area contributed by atoms with Gasteiger partial charge in [-0.1, -0.05) is 333 Å². The Balaban J connectivity index is 3.31. The molecule has 0 aromatic heterocycles. The van der Waals surface area contributed by atoms with E-state index in [0.29, 0.717) is 25.9 Å². The van der Waals surface area contributed by atoms with Crippen molar-refractivity contribution in [3.63, 3.8) is 0 Å². The number of nitrogens with one attached hydrogen (secondary N) is 1. The maximum Gasteiger partial charge on any atom is 0.305 e. The van der Waals surface area contributed by atoms with Gasteiger partial charge in [0, 0.05) is 12.8 Å². The van der Waals surface area contributed by atoms with Crippen LogP contribution in [0.25, 0.3) is 0 Å². The largest absolute Gasteiger partial charge is 0.466 e. The van der Waals surface area contributed by atoms with Crippen LogP contribution in [0.5, 0.6) is 0 Å². The van der Waals surface area contributed by atoms with Gasteiger partial charge in [0.2, 0.25) is 5.91 Å². The van der Waals surface area contributed by atoms with E-state index in [2.05, 4.69) is 55.6 Å². The Morgan fingerprint density at radius 2 is 0.633 bits per heavy atom. The number of aliphatic hydroxyl groups excluding tert-OH is 2. The number of ether oxygens (including phenoxy) is 1. The second-order valence-electron chi connectivity index (χ2n) is 24.6. The smallest absolute Gasteiger partial charge is 0.305 e. The first-order chi connectivity index (χ1) is 39.0. The molecular weight excluding hydrogens is 971 g/mol. The summed E-state index contributed by atoms with van der Waals surface area (Å²) in [5.74, 6) is -0.0188. The standard InChI is InChI=1S/C73H139NO5/c1-3-5-7-9-11-13-15-16-17-37-41-44-47-51-55-59-63-67-73(78)79-68-64-60-56-52-48-45-42-39-36-34-32-30-28-26-24-22-20-18-19-21-23-25-27-29-31-33-35-38-40-43-46-50-54-58-62-66-72(77)74-70(69-75)71(76)65-61-57-53-49-14-12-10-8-6-4-2/h11,13,16-17,20,22,70-71,75-76H,3-10,12,14-15,18-19,21,23-69H2,1-2H3,(H,74,77)/b13-11-,17-16-,22-20-. The minimum absolute atomic E-state index is 0.0127. The molecule has 0 saturated carbocycles. The van der Waals surface area contributed by atoms with Crippen molar-refractivity contribution < 1.29 is 24.5 Å². The maximum absolute atomic E-state index is 12.4. The van der Waals surface area contributed by atoms with E-state index in [1.54, 1.807) is 0 Å². The van der Waals surface area contributed by atoms with Gasteiger partial charge in [0.15, 0.2) is 0 Å². The fourth-order valence-electron chi connectivity index (χ4n) is 11.2. The molecule has 0 aliphatic carbocycles. The van der Waals surface area contributed by atoms with Crippen LogP contribution in [0, 0.1) is 0 Å². The normalized spacial score (nSPS) is 12.7. The van der Waals surface area contributed by atoms with E-state index in [9.17, 15) is 19.8 Å². The van der Waals surface area contributed by atoms with Crippen LogP contribution in [0.4, 0.5) is 0 Å². The van der Waals surface area contributed by atoms with Crippen molar-refractivity contribution in [2.75, 3.05) is 13.2 Å². The summed E-state index contributed by atoms with van der Waals surface area (Å²) in [4.78, 5) is 24.5. The van der Waals surface area contributed by atoms with Crippen molar-refractivity contribution in [1.82, 2.24) is 5.32 Å². The highest BCUT2D eigenvalue weighted by molar-refractivity contribution is 5.76. The summed E-state index contributed by atoms with van der Waals surface area (Å²) in [5, 5.41) is 23.2. The van der Waals surface area contributed by atoms with Crippen LogP contribution in [0.2, 0.25) is 0 Å². The first-order valence-electron chi connectivity index (χ1n) is 35.7. The Morgan fingerprint density at radius 1 is 0.354 bits per heavy atom. The van der Waals surface area contributed by atoms with Crippen molar-refractivity contribution in [2.45, 2.75) is 405 Å². The Morgan fingerprint density at radius 3 is 1.00 bits per heavy atom. The Kier molecular flexibility index (Phi) is 66.9. The monoisotopic (exact) mass is 1110 g/mol. The van der Waals surface area contributed by atoms with Gasteiger partial charge < -0.3 is 20.3 Å². The van der Waals surface area contributed by atoms with Gasteiger partial charge in [-0.05, 0) is 83.5 Å². The first-order valence-corrected chi connectivity index (χ1v) is 35.7. The average molecular weight is 1110 g/mol. The molecule has 6 heteroatoms. The molecule has 6 nitrogen and oxygen atoms in total. The van der Waals surface area contributed by atoms with Gasteiger partial charge in [-0.15, -0.1) is 0 Å². The van der Waals surface area contributed by atoms with E-state index >= 15 is 0 Å². The lowest BCUT2D eigenvalue weighted by molar-refractivity contribution is -0.143. The summed E-state index contributed by atoms with van der Waals surface area (Å²) in [7, 11) is 0. The predicted octanol–water partition coefficient (Wildman–Crippen LogP) is 23.1. The molecule has 0 aromatic carbocycles. The highest BCUT2D eigenvalue weighted by Gasteiger charge is 2.20. The minimum Gasteiger partial charge on any atom is -0.466 e. The SMILES string of the molecule is CCCCC/C=C\C/C=C\CCCCCCCCCC(=O)OCCCCCCCCCCCCCCCC/C=C\CCCCCCCCCCCCCCCCCCCC(=O)NC(CO)C(O)CCCCCCCCCCCC. The summed E-state index contributed by atoms with van der Waals surface area (Å²) in [5.41, 5.74) is 0. The average Bonchev–Trinajstić information content (AvgIpc) is 3.45. The van der Waals surface area contributed by atoms with Crippen molar-refractivity contribution in [3.8, 4) is 0 Å². The zero-order valence-corrected chi connectivity index (χ0v) is 53.4. The summed E-state index contributed by atoms with van der Waals surface area (Å²) < 4.78 is 5.50. The number of aliphatic hydroxyl groups is 2. The van der Waals surface area contributed by atoms with Crippen LogP contribution in [0.3, 0.4) is 0 Å². The third-order valence-electron chi connectivity index (χ3n) is 16.7. The molecule has 0 rings (SSSR count). The Bertz CT molecular complexity index is 1280. The van der Waals surface area contributed by atoms with Crippen LogP contribution < -0.4 is 5.32 Å². The van der Waals surface area contributed by atoms with E-state index in [4.69, 9.17) is 4.74 Å². The molecule has 0 fully saturated rings. The number of amides is 1.